The van der Waals surface area contributed by atoms with E-state index in [2.05, 4.69) is 75.1 Å². The number of guanidine groups is 6. The summed E-state index contributed by atoms with van der Waals surface area (Å²) in [6.45, 7) is 9.08. The van der Waals surface area contributed by atoms with Crippen molar-refractivity contribution >= 4 is 59.1 Å². The lowest BCUT2D eigenvalue weighted by Crippen LogP contribution is -2.49. The topological polar surface area (TPSA) is 310 Å². The van der Waals surface area contributed by atoms with Crippen molar-refractivity contribution in [2.24, 2.45) is 53.3 Å². The minimum Gasteiger partial charge on any atom is -0.481 e. The summed E-state index contributed by atoms with van der Waals surface area (Å²) >= 11 is 0. The van der Waals surface area contributed by atoms with Gasteiger partial charge in [0, 0.05) is 73.7 Å². The van der Waals surface area contributed by atoms with Crippen molar-refractivity contribution in [2.45, 2.75) is 504 Å². The van der Waals surface area contributed by atoms with Gasteiger partial charge in [-0.1, -0.05) is 255 Å². The van der Waals surface area contributed by atoms with Crippen molar-refractivity contribution in [1.29, 1.82) is 0 Å². The van der Waals surface area contributed by atoms with Gasteiger partial charge in [0.25, 0.3) is 0 Å². The zero-order valence-corrected chi connectivity index (χ0v) is 79.4. The fraction of sp³-hybridized carbons (Fsp3) is 0.806. The molecule has 0 amide bonds. The van der Waals surface area contributed by atoms with E-state index in [0.717, 1.165) is 93.1 Å². The van der Waals surface area contributed by atoms with Gasteiger partial charge in [-0.15, -0.1) is 0 Å². The van der Waals surface area contributed by atoms with Crippen molar-refractivity contribution in [2.75, 3.05) is 18.9 Å². The van der Waals surface area contributed by atoms with Crippen molar-refractivity contribution in [1.82, 2.24) is 47.9 Å². The lowest BCUT2D eigenvalue weighted by molar-refractivity contribution is -0.161. The van der Waals surface area contributed by atoms with Gasteiger partial charge in [0.15, 0.2) is 35.8 Å². The van der Waals surface area contributed by atoms with Crippen LogP contribution in [0.5, 0.6) is 0 Å². The number of hydrogen-bond acceptors (Lipinski definition) is 9. The minimum absolute atomic E-state index is 0.0270. The Hall–Kier alpha value is -7.00. The number of rotatable bonds is 21. The molecule has 2 aromatic carbocycles. The molecule has 0 aromatic heterocycles. The predicted molar refractivity (Wildman–Crippen MR) is 526 cm³/mol. The Labute approximate surface area is 758 Å². The Morgan fingerprint density at radius 2 is 0.656 bits per heavy atom. The standard InChI is InChI=1S/C24H43N3O2.C20H35N3O2.C19H37N3.C14H27N3.C13H25N3.C13H13N3/c1-24(2,3)29-22(28)18-14-16-21(17-15-18)27-23(25-19-10-6-4-7-11-19)26-20-12-8-5-9-13-20;24-19(25)15-11-13-18(14-12-15)23-20(21-16-7-3-1-4-8-16)22-17-9-5-2-6-10-17;1-2-3-4-11-16-20-19(21-17-12-7-5-8-13-17)22-18-14-9-6-10-15-18;1-15-14(16-12-8-4-2-5-9-12)17-13-10-6-3-7-11-13;2*14-13(15-11-7-3-1-4-8-11)16-12-9-5-2-6-10-12/h18-21H,4-17H2,1-3H3,(H2,25,26,27);15-18H,1-14H2,(H,24,25)(H2,21,22,23);17-18H,2-16H2,1H3,(H2,20,21,22);12-13H,2-11H2,1H3,(H2,15,16,17);11-12H,1-10H2,(H3,14,15,16);1-10H,(H3,14,15,16). The molecule has 14 rings (SSSR count). The average molecular weight is 1730 g/mol. The number of nitrogens with one attached hydrogen (secondary N) is 10. The maximum Gasteiger partial charge on any atom is 0.309 e. The van der Waals surface area contributed by atoms with Crippen LogP contribution in [0.25, 0.3) is 0 Å². The Bertz CT molecular complexity index is 3240. The Morgan fingerprint density at radius 1 is 0.352 bits per heavy atom. The van der Waals surface area contributed by atoms with Crippen LogP contribution in [0.1, 0.15) is 426 Å². The van der Waals surface area contributed by atoms with Gasteiger partial charge in [0.05, 0.1) is 35.6 Å². The van der Waals surface area contributed by atoms with Crippen molar-refractivity contribution in [3.63, 3.8) is 0 Å². The number of carboxylic acids is 1. The number of hydrogen-bond donors (Lipinski definition) is 13. The molecular formula is C103H180N18O4. The highest BCUT2D eigenvalue weighted by atomic mass is 16.6. The van der Waals surface area contributed by atoms with Crippen molar-refractivity contribution < 1.29 is 19.4 Å². The molecule has 0 bridgehead atoms. The molecule has 0 spiro atoms. The molecule has 12 saturated carbocycles. The summed E-state index contributed by atoms with van der Waals surface area (Å²) in [7, 11) is 1.89. The Morgan fingerprint density at radius 3 is 0.984 bits per heavy atom. The molecule has 22 nitrogen and oxygen atoms in total. The second-order valence-corrected chi connectivity index (χ2v) is 40.1. The molecule has 0 radical (unpaired) electrons. The summed E-state index contributed by atoms with van der Waals surface area (Å²) in [6, 6.07) is 25.8. The van der Waals surface area contributed by atoms with Crippen LogP contribution in [0, 0.1) is 11.8 Å². The molecule has 0 heterocycles. The zero-order chi connectivity index (χ0) is 88.0. The number of anilines is 1. The highest BCUT2D eigenvalue weighted by Crippen LogP contribution is 2.32. The number of ether oxygens (including phenoxy) is 1. The third-order valence-corrected chi connectivity index (χ3v) is 28.1. The molecule has 12 aliphatic rings. The fourth-order valence-electron chi connectivity index (χ4n) is 20.7. The number of carbonyl (C=O) groups is 2. The quantitative estimate of drug-likeness (QED) is 0.0239. The number of aliphatic imine (C=N–C) groups is 6. The van der Waals surface area contributed by atoms with Gasteiger partial charge in [-0.2, -0.15) is 0 Å². The summed E-state index contributed by atoms with van der Waals surface area (Å²) in [5.74, 6) is 4.47. The van der Waals surface area contributed by atoms with E-state index in [9.17, 15) is 14.7 Å². The monoisotopic (exact) mass is 1730 g/mol. The second-order valence-electron chi connectivity index (χ2n) is 40.1. The van der Waals surface area contributed by atoms with Crippen LogP contribution in [0.3, 0.4) is 0 Å². The van der Waals surface area contributed by atoms with Crippen LogP contribution >= 0.6 is 0 Å². The number of carboxylic acid groups (broad SMARTS) is 1. The van der Waals surface area contributed by atoms with Crippen LogP contribution in [0.4, 0.5) is 11.4 Å². The van der Waals surface area contributed by atoms with Crippen molar-refractivity contribution in [3.8, 4) is 0 Å². The first-order chi connectivity index (χ1) is 61.0. The van der Waals surface area contributed by atoms with Crippen LogP contribution in [0.15, 0.2) is 90.6 Å². The van der Waals surface area contributed by atoms with E-state index in [1.165, 1.54) is 347 Å². The first-order valence-corrected chi connectivity index (χ1v) is 52.1. The van der Waals surface area contributed by atoms with Gasteiger partial charge in [0.1, 0.15) is 5.60 Å². The summed E-state index contributed by atoms with van der Waals surface area (Å²) < 4.78 is 5.60. The van der Waals surface area contributed by atoms with Crippen LogP contribution < -0.4 is 64.6 Å². The second kappa shape index (κ2) is 60.7. The zero-order valence-electron chi connectivity index (χ0n) is 79.4. The van der Waals surface area contributed by atoms with E-state index < -0.39 is 11.6 Å². The van der Waals surface area contributed by atoms with Gasteiger partial charge in [-0.25, -0.2) is 15.0 Å². The molecule has 0 aliphatic heterocycles. The summed E-state index contributed by atoms with van der Waals surface area (Å²) in [6.07, 6.45) is 78.6. The van der Waals surface area contributed by atoms with Gasteiger partial charge in [-0.05, 0) is 231 Å². The summed E-state index contributed by atoms with van der Waals surface area (Å²) in [5, 5.41) is 45.2. The van der Waals surface area contributed by atoms with Crippen molar-refractivity contribution in [3.05, 3.63) is 60.7 Å². The molecule has 0 unspecified atom stereocenters. The van der Waals surface area contributed by atoms with E-state index in [1.54, 1.807) is 0 Å². The molecular weight excluding hydrogens is 1550 g/mol. The SMILES string of the molecule is CC(C)(C)OC(=O)C1CCC(N=C(NC2CCCCC2)NC2CCCCC2)CC1.CCCCCCN=C(NC1CCCCC1)NC1CCCCC1.CN=C(NC1CCCCC1)NC1CCCCC1.NC(=NC1CCCCC1)NC1CCCCC1.NC(=Nc1ccccc1)Nc1ccccc1.O=C(O)C1CCC(N=C(NC2CCCCC2)NC2CCCCC2)CC1. The maximum atomic E-state index is 12.4. The molecule has 12 aliphatic carbocycles. The number of benzene rings is 2. The Balaban J connectivity index is 0.000000172. The summed E-state index contributed by atoms with van der Waals surface area (Å²) in [5.41, 5.74) is 13.1. The minimum atomic E-state index is -0.636. The smallest absolute Gasteiger partial charge is 0.309 e. The molecule has 0 atom stereocenters. The highest BCUT2D eigenvalue weighted by Gasteiger charge is 2.33. The highest BCUT2D eigenvalue weighted by molar-refractivity contribution is 5.94. The number of esters is 1. The third kappa shape index (κ3) is 44.2. The van der Waals surface area contributed by atoms with E-state index in [-0.39, 0.29) is 23.8 Å². The number of nitrogens with two attached hydrogens (primary N) is 2. The average Bonchev–Trinajstić information content (AvgIpc) is 0.855. The first-order valence-electron chi connectivity index (χ1n) is 52.1. The molecule has 2 aromatic rings. The van der Waals surface area contributed by atoms with E-state index in [0.29, 0.717) is 78.4 Å². The largest absolute Gasteiger partial charge is 0.481 e. The maximum absolute atomic E-state index is 12.4. The summed E-state index contributed by atoms with van der Waals surface area (Å²) in [4.78, 5) is 51.8. The third-order valence-electron chi connectivity index (χ3n) is 28.1. The molecule has 706 valence electrons. The molecule has 0 saturated heterocycles. The molecule has 15 N–H and O–H groups in total. The van der Waals surface area contributed by atoms with Crippen LogP contribution in [-0.2, 0) is 14.3 Å². The Kier molecular flexibility index (Phi) is 49.4. The first kappa shape index (κ1) is 102. The van der Waals surface area contributed by atoms with E-state index in [4.69, 9.17) is 31.2 Å². The van der Waals surface area contributed by atoms with E-state index >= 15 is 0 Å². The lowest BCUT2D eigenvalue weighted by atomic mass is 9.86. The fourth-order valence-corrected chi connectivity index (χ4v) is 20.7. The van der Waals surface area contributed by atoms with E-state index in [1.807, 2.05) is 88.5 Å². The number of carbonyl (C=O) groups excluding carboxylic acids is 1. The predicted octanol–water partition coefficient (Wildman–Crippen LogP) is 21.8. The normalized spacial score (nSPS) is 23.6. The number of unbranched alkanes of at least 4 members (excludes halogenated alkanes) is 3. The van der Waals surface area contributed by atoms with Crippen LogP contribution in [0.2, 0.25) is 0 Å². The van der Waals surface area contributed by atoms with Gasteiger partial charge in [0.2, 0.25) is 0 Å². The number of nitrogens with zero attached hydrogens (tertiary/aromatic N) is 6. The van der Waals surface area contributed by atoms with Gasteiger partial charge >= 0.3 is 11.9 Å². The number of aliphatic carboxylic acids is 1. The van der Waals surface area contributed by atoms with Gasteiger partial charge in [-0.3, -0.25) is 24.6 Å². The molecule has 22 heteroatoms. The van der Waals surface area contributed by atoms with Crippen LogP contribution in [-0.4, -0.2) is 144 Å². The lowest BCUT2D eigenvalue weighted by Gasteiger charge is -2.31. The number of para-hydroxylation sites is 2. The molecule has 125 heavy (non-hydrogen) atoms. The van der Waals surface area contributed by atoms with Gasteiger partial charge < -0.3 is 74.5 Å². The molecule has 12 fully saturated rings.